The highest BCUT2D eigenvalue weighted by atomic mass is 16.5. The first-order chi connectivity index (χ1) is 9.67. The molecular weight excluding hydrogens is 252 g/mol. The normalized spacial score (nSPS) is 20.5. The smallest absolute Gasteiger partial charge is 0.127 e. The van der Waals surface area contributed by atoms with Crippen molar-refractivity contribution >= 4 is 0 Å². The monoisotopic (exact) mass is 270 g/mol. The average Bonchev–Trinajstić information content (AvgIpc) is 2.75. The highest BCUT2D eigenvalue weighted by Crippen LogP contribution is 2.40. The summed E-state index contributed by atoms with van der Waals surface area (Å²) in [6, 6.07) is 13.4. The van der Waals surface area contributed by atoms with E-state index in [1.807, 2.05) is 6.07 Å². The van der Waals surface area contributed by atoms with Crippen molar-refractivity contribution in [3.05, 3.63) is 53.6 Å². The van der Waals surface area contributed by atoms with E-state index >= 15 is 0 Å². The Kier molecular flexibility index (Phi) is 3.26. The molecule has 1 aliphatic carbocycles. The van der Waals surface area contributed by atoms with Gasteiger partial charge in [0.15, 0.2) is 0 Å². The van der Waals surface area contributed by atoms with Crippen LogP contribution in [0, 0.1) is 5.92 Å². The van der Waals surface area contributed by atoms with Crippen molar-refractivity contribution in [2.45, 2.75) is 19.4 Å². The minimum atomic E-state index is 0.0257. The second-order valence-electron chi connectivity index (χ2n) is 5.29. The molecule has 0 heterocycles. The fourth-order valence-electron chi connectivity index (χ4n) is 2.83. The maximum Gasteiger partial charge on any atom is 0.127 e. The standard InChI is InChI=1S/C17H18O3/c1-11-7-12-5-3-4-6-16(12)17(11)20-15-9-13(18)8-14(10-15)19-2/h3-6,8-11,17-18H,7H2,1-2H3/t11-,17?/m1/s1. The van der Waals surface area contributed by atoms with Gasteiger partial charge < -0.3 is 14.6 Å². The lowest BCUT2D eigenvalue weighted by atomic mass is 10.1. The van der Waals surface area contributed by atoms with E-state index in [1.165, 1.54) is 11.1 Å². The molecule has 2 aromatic rings. The predicted octanol–water partition coefficient (Wildman–Crippen LogP) is 3.71. The molecule has 104 valence electrons. The molecule has 0 saturated heterocycles. The van der Waals surface area contributed by atoms with Gasteiger partial charge in [0, 0.05) is 24.1 Å². The number of methoxy groups -OCH3 is 1. The maximum atomic E-state index is 9.70. The summed E-state index contributed by atoms with van der Waals surface area (Å²) in [6.45, 7) is 2.19. The Hall–Kier alpha value is -2.16. The van der Waals surface area contributed by atoms with Crippen LogP contribution in [0.3, 0.4) is 0 Å². The van der Waals surface area contributed by atoms with Gasteiger partial charge in [-0.25, -0.2) is 0 Å². The largest absolute Gasteiger partial charge is 0.508 e. The molecule has 3 nitrogen and oxygen atoms in total. The van der Waals surface area contributed by atoms with Crippen LogP contribution in [0.15, 0.2) is 42.5 Å². The number of hydrogen-bond acceptors (Lipinski definition) is 3. The number of fused-ring (bicyclic) bond motifs is 1. The number of phenols is 1. The van der Waals surface area contributed by atoms with Gasteiger partial charge in [-0.15, -0.1) is 0 Å². The molecule has 3 rings (SSSR count). The van der Waals surface area contributed by atoms with Crippen molar-refractivity contribution in [1.82, 2.24) is 0 Å². The molecule has 0 amide bonds. The Labute approximate surface area is 118 Å². The summed E-state index contributed by atoms with van der Waals surface area (Å²) < 4.78 is 11.3. The third kappa shape index (κ3) is 2.31. The fourth-order valence-corrected chi connectivity index (χ4v) is 2.83. The summed E-state index contributed by atoms with van der Waals surface area (Å²) in [5, 5.41) is 9.70. The Morgan fingerprint density at radius 3 is 2.65 bits per heavy atom. The van der Waals surface area contributed by atoms with Crippen molar-refractivity contribution in [3.8, 4) is 17.2 Å². The van der Waals surface area contributed by atoms with Gasteiger partial charge in [-0.2, -0.15) is 0 Å². The minimum absolute atomic E-state index is 0.0257. The molecular formula is C17H18O3. The van der Waals surface area contributed by atoms with Gasteiger partial charge in [-0.3, -0.25) is 0 Å². The molecule has 0 fully saturated rings. The molecule has 0 aromatic heterocycles. The molecule has 1 aliphatic rings. The molecule has 0 spiro atoms. The molecule has 1 N–H and O–H groups in total. The Morgan fingerprint density at radius 2 is 1.85 bits per heavy atom. The van der Waals surface area contributed by atoms with Crippen LogP contribution in [0.2, 0.25) is 0 Å². The van der Waals surface area contributed by atoms with E-state index in [0.29, 0.717) is 17.4 Å². The number of phenolic OH excluding ortho intramolecular Hbond substituents is 1. The zero-order valence-electron chi connectivity index (χ0n) is 11.7. The highest BCUT2D eigenvalue weighted by molar-refractivity contribution is 5.42. The number of benzene rings is 2. The van der Waals surface area contributed by atoms with E-state index in [-0.39, 0.29) is 11.9 Å². The fraction of sp³-hybridized carbons (Fsp3) is 0.294. The van der Waals surface area contributed by atoms with Gasteiger partial charge in [0.1, 0.15) is 23.4 Å². The molecule has 0 aliphatic heterocycles. The van der Waals surface area contributed by atoms with Crippen LogP contribution < -0.4 is 9.47 Å². The average molecular weight is 270 g/mol. The lowest BCUT2D eigenvalue weighted by Gasteiger charge is -2.19. The Balaban J connectivity index is 1.90. The first-order valence-electron chi connectivity index (χ1n) is 6.80. The van der Waals surface area contributed by atoms with Crippen LogP contribution in [0.4, 0.5) is 0 Å². The van der Waals surface area contributed by atoms with Gasteiger partial charge in [-0.1, -0.05) is 31.2 Å². The second kappa shape index (κ2) is 5.08. The van der Waals surface area contributed by atoms with Crippen molar-refractivity contribution in [3.63, 3.8) is 0 Å². The van der Waals surface area contributed by atoms with Gasteiger partial charge in [0.2, 0.25) is 0 Å². The molecule has 20 heavy (non-hydrogen) atoms. The molecule has 0 saturated carbocycles. The third-order valence-electron chi connectivity index (χ3n) is 3.78. The number of ether oxygens (including phenoxy) is 2. The van der Waals surface area contributed by atoms with E-state index in [4.69, 9.17) is 9.47 Å². The van der Waals surface area contributed by atoms with E-state index in [0.717, 1.165) is 6.42 Å². The lowest BCUT2D eigenvalue weighted by Crippen LogP contribution is -2.11. The number of hydrogen-bond donors (Lipinski definition) is 1. The van der Waals surface area contributed by atoms with E-state index < -0.39 is 0 Å². The van der Waals surface area contributed by atoms with Crippen LogP contribution in [0.25, 0.3) is 0 Å². The predicted molar refractivity (Wildman–Crippen MR) is 77.3 cm³/mol. The molecule has 0 bridgehead atoms. The molecule has 3 heteroatoms. The summed E-state index contributed by atoms with van der Waals surface area (Å²) in [7, 11) is 1.58. The van der Waals surface area contributed by atoms with Crippen molar-refractivity contribution in [2.75, 3.05) is 7.11 Å². The van der Waals surface area contributed by atoms with Crippen LogP contribution in [0.1, 0.15) is 24.2 Å². The van der Waals surface area contributed by atoms with Crippen molar-refractivity contribution < 1.29 is 14.6 Å². The Bertz CT molecular complexity index is 621. The molecule has 0 radical (unpaired) electrons. The van der Waals surface area contributed by atoms with Gasteiger partial charge in [0.25, 0.3) is 0 Å². The zero-order valence-corrected chi connectivity index (χ0v) is 11.7. The van der Waals surface area contributed by atoms with Gasteiger partial charge in [0.05, 0.1) is 7.11 Å². The van der Waals surface area contributed by atoms with Gasteiger partial charge in [-0.05, 0) is 17.5 Å². The van der Waals surface area contributed by atoms with Crippen LogP contribution in [0.5, 0.6) is 17.2 Å². The summed E-state index contributed by atoms with van der Waals surface area (Å²) in [5.41, 5.74) is 2.58. The maximum absolute atomic E-state index is 9.70. The number of aromatic hydroxyl groups is 1. The molecule has 2 atom stereocenters. The van der Waals surface area contributed by atoms with Crippen LogP contribution >= 0.6 is 0 Å². The van der Waals surface area contributed by atoms with Crippen LogP contribution in [-0.2, 0) is 6.42 Å². The Morgan fingerprint density at radius 1 is 1.10 bits per heavy atom. The summed E-state index contributed by atoms with van der Waals surface area (Å²) in [6.07, 6.45) is 1.05. The first kappa shape index (κ1) is 12.9. The summed E-state index contributed by atoms with van der Waals surface area (Å²) in [4.78, 5) is 0. The van der Waals surface area contributed by atoms with Crippen LogP contribution in [-0.4, -0.2) is 12.2 Å². The van der Waals surface area contributed by atoms with Gasteiger partial charge >= 0.3 is 0 Å². The SMILES string of the molecule is COc1cc(O)cc(OC2c3ccccc3C[C@H]2C)c1. The molecule has 1 unspecified atom stereocenters. The van der Waals surface area contributed by atoms with Crippen molar-refractivity contribution in [2.24, 2.45) is 5.92 Å². The van der Waals surface area contributed by atoms with E-state index in [2.05, 4.69) is 25.1 Å². The first-order valence-corrected chi connectivity index (χ1v) is 6.80. The van der Waals surface area contributed by atoms with E-state index in [1.54, 1.807) is 25.3 Å². The summed E-state index contributed by atoms with van der Waals surface area (Å²) in [5.74, 6) is 1.80. The molecule has 2 aromatic carbocycles. The topological polar surface area (TPSA) is 38.7 Å². The summed E-state index contributed by atoms with van der Waals surface area (Å²) >= 11 is 0. The minimum Gasteiger partial charge on any atom is -0.508 e. The number of rotatable bonds is 3. The highest BCUT2D eigenvalue weighted by Gasteiger charge is 2.30. The zero-order chi connectivity index (χ0) is 14.1. The second-order valence-corrected chi connectivity index (χ2v) is 5.29. The quantitative estimate of drug-likeness (QED) is 0.924. The third-order valence-corrected chi connectivity index (χ3v) is 3.78. The lowest BCUT2D eigenvalue weighted by molar-refractivity contribution is 0.158. The van der Waals surface area contributed by atoms with Crippen molar-refractivity contribution in [1.29, 1.82) is 0 Å². The van der Waals surface area contributed by atoms with E-state index in [9.17, 15) is 5.11 Å².